The third kappa shape index (κ3) is 23.8. The molecule has 0 aromatic carbocycles. The lowest BCUT2D eigenvalue weighted by molar-refractivity contribution is -0.143. The molecule has 0 unspecified atom stereocenters. The number of nitrogens with zero attached hydrogens (tertiary/aromatic N) is 1. The second kappa shape index (κ2) is 29.0. The predicted molar refractivity (Wildman–Crippen MR) is 238 cm³/mol. The van der Waals surface area contributed by atoms with Crippen molar-refractivity contribution in [3.8, 4) is 0 Å². The number of carboxylic acids is 1. The van der Waals surface area contributed by atoms with Crippen LogP contribution in [0.5, 0.6) is 0 Å². The highest BCUT2D eigenvalue weighted by Gasteiger charge is 2.34. The van der Waals surface area contributed by atoms with Crippen molar-refractivity contribution < 1.29 is 61.2 Å². The summed E-state index contributed by atoms with van der Waals surface area (Å²) in [5.41, 5.74) is 16.6. The standard InChI is InChI=1S/C39H72N12O13S/c1-10-21(7)30(36(58)45-17-28(53)50-31(38(60)61)22(8)11-2)51-37(59)29(20(5)6)49-27(52)16-44-34(56)26(18-65(62,63)64)48-32(54)23(9)46-35(57)25(15-19(3)4)47-33(55)24(40)13-12-14-43-39(41)42/h19-26,29-31H,10-18,40H2,1-9H3,(H,44,56)(H,45,58)(H,46,57)(H,47,55)(H,48,54)(H,49,52)(H,50,53)(H,51,59)(H,60,61)(H4,41,42,43)(H,62,63,64)/t21-,22-,23-,24-,25-,26-,29-,30-,31-/m0/s1. The van der Waals surface area contributed by atoms with E-state index in [4.69, 9.17) is 17.2 Å². The van der Waals surface area contributed by atoms with Crippen LogP contribution in [0.4, 0.5) is 0 Å². The third-order valence-electron chi connectivity index (χ3n) is 10.1. The summed E-state index contributed by atoms with van der Waals surface area (Å²) in [6, 6.07) is -9.26. The van der Waals surface area contributed by atoms with Gasteiger partial charge in [-0.2, -0.15) is 8.42 Å². The van der Waals surface area contributed by atoms with Gasteiger partial charge in [-0.1, -0.05) is 68.2 Å². The minimum absolute atomic E-state index is 0.116. The van der Waals surface area contributed by atoms with Gasteiger partial charge in [0.25, 0.3) is 10.1 Å². The van der Waals surface area contributed by atoms with Gasteiger partial charge in [-0.15, -0.1) is 0 Å². The Kier molecular flexibility index (Phi) is 26.5. The molecule has 0 aliphatic carbocycles. The van der Waals surface area contributed by atoms with Crippen molar-refractivity contribution in [3.05, 3.63) is 0 Å². The monoisotopic (exact) mass is 949 g/mol. The Bertz CT molecular complexity index is 1790. The fraction of sp³-hybridized carbons (Fsp3) is 0.744. The second-order valence-electron chi connectivity index (χ2n) is 16.7. The number of carbonyl (C=O) groups excluding carboxylic acids is 8. The van der Waals surface area contributed by atoms with E-state index in [-0.39, 0.29) is 31.3 Å². The van der Waals surface area contributed by atoms with Gasteiger partial charge in [0.2, 0.25) is 47.3 Å². The maximum absolute atomic E-state index is 13.5. The third-order valence-corrected chi connectivity index (χ3v) is 10.9. The summed E-state index contributed by atoms with van der Waals surface area (Å²) in [6.45, 7) is 13.5. The van der Waals surface area contributed by atoms with E-state index in [0.717, 1.165) is 0 Å². The van der Waals surface area contributed by atoms with Crippen molar-refractivity contribution >= 4 is 69.3 Å². The topological polar surface area (TPSA) is 415 Å². The molecule has 0 bridgehead atoms. The largest absolute Gasteiger partial charge is 0.480 e. The smallest absolute Gasteiger partial charge is 0.326 e. The number of aliphatic carboxylic acids is 1. The van der Waals surface area contributed by atoms with Gasteiger partial charge in [-0.05, 0) is 49.9 Å². The molecule has 0 radical (unpaired) electrons. The van der Waals surface area contributed by atoms with Gasteiger partial charge < -0.3 is 64.8 Å². The van der Waals surface area contributed by atoms with E-state index in [0.29, 0.717) is 19.3 Å². The number of amides is 8. The van der Waals surface area contributed by atoms with Crippen molar-refractivity contribution in [2.75, 3.05) is 25.4 Å². The summed E-state index contributed by atoms with van der Waals surface area (Å²) in [7, 11) is -4.93. The van der Waals surface area contributed by atoms with Crippen molar-refractivity contribution in [3.63, 3.8) is 0 Å². The number of nitrogens with two attached hydrogens (primary N) is 3. The fourth-order valence-corrected chi connectivity index (χ4v) is 6.54. The average molecular weight is 949 g/mol. The van der Waals surface area contributed by atoms with Crippen molar-refractivity contribution in [2.45, 2.75) is 137 Å². The highest BCUT2D eigenvalue weighted by molar-refractivity contribution is 7.85. The molecule has 0 spiro atoms. The van der Waals surface area contributed by atoms with Crippen LogP contribution in [0.2, 0.25) is 0 Å². The molecule has 65 heavy (non-hydrogen) atoms. The zero-order valence-electron chi connectivity index (χ0n) is 38.7. The number of hydrogen-bond acceptors (Lipinski definition) is 13. The van der Waals surface area contributed by atoms with Crippen LogP contribution in [0, 0.1) is 23.7 Å². The first-order valence-corrected chi connectivity index (χ1v) is 23.0. The molecule has 8 amide bonds. The molecule has 0 heterocycles. The number of hydrogen-bond donors (Lipinski definition) is 13. The maximum atomic E-state index is 13.5. The van der Waals surface area contributed by atoms with Gasteiger partial charge in [0.15, 0.2) is 5.96 Å². The summed E-state index contributed by atoms with van der Waals surface area (Å²) in [4.78, 5) is 120. The van der Waals surface area contributed by atoms with Crippen molar-refractivity contribution in [1.29, 1.82) is 0 Å². The van der Waals surface area contributed by atoms with E-state index in [9.17, 15) is 61.2 Å². The molecular weight excluding hydrogens is 877 g/mol. The molecule has 0 fully saturated rings. The normalized spacial score (nSPS) is 15.5. The van der Waals surface area contributed by atoms with Crippen LogP contribution in [-0.4, -0.2) is 145 Å². The Morgan fingerprint density at radius 3 is 1.60 bits per heavy atom. The lowest BCUT2D eigenvalue weighted by Gasteiger charge is -2.28. The van der Waals surface area contributed by atoms with Gasteiger partial charge in [-0.3, -0.25) is 47.9 Å². The summed E-state index contributed by atoms with van der Waals surface area (Å²) < 4.78 is 33.2. The highest BCUT2D eigenvalue weighted by Crippen LogP contribution is 2.12. The fourth-order valence-electron chi connectivity index (χ4n) is 5.88. The first kappa shape index (κ1) is 59.4. The Hall–Kier alpha value is -5.63. The molecule has 0 saturated carbocycles. The molecule has 0 aromatic heterocycles. The van der Waals surface area contributed by atoms with Crippen LogP contribution in [0.15, 0.2) is 4.99 Å². The average Bonchev–Trinajstić information content (AvgIpc) is 3.21. The van der Waals surface area contributed by atoms with Gasteiger partial charge in [0, 0.05) is 6.54 Å². The van der Waals surface area contributed by atoms with Gasteiger partial charge in [0.05, 0.1) is 19.1 Å². The lowest BCUT2D eigenvalue weighted by Crippen LogP contribution is -2.59. The van der Waals surface area contributed by atoms with Gasteiger partial charge in [0.1, 0.15) is 42.0 Å². The van der Waals surface area contributed by atoms with E-state index in [1.54, 1.807) is 55.4 Å². The molecule has 0 rings (SSSR count). The summed E-state index contributed by atoms with van der Waals surface area (Å²) in [5.74, 6) is -11.3. The van der Waals surface area contributed by atoms with Gasteiger partial charge >= 0.3 is 5.97 Å². The number of nitrogens with one attached hydrogen (secondary N) is 8. The molecule has 0 aromatic rings. The lowest BCUT2D eigenvalue weighted by atomic mass is 9.96. The molecule has 25 nitrogen and oxygen atoms in total. The second-order valence-corrected chi connectivity index (χ2v) is 18.1. The summed E-state index contributed by atoms with van der Waals surface area (Å²) in [5, 5.41) is 28.4. The Morgan fingerprint density at radius 2 is 1.12 bits per heavy atom. The summed E-state index contributed by atoms with van der Waals surface area (Å²) in [6.07, 6.45) is 1.55. The molecule has 0 aliphatic heterocycles. The quantitative estimate of drug-likeness (QED) is 0.0143. The number of guanidine groups is 1. The van der Waals surface area contributed by atoms with E-state index < -0.39 is 142 Å². The Labute approximate surface area is 380 Å². The minimum atomic E-state index is -4.93. The number of rotatable bonds is 30. The summed E-state index contributed by atoms with van der Waals surface area (Å²) >= 11 is 0. The van der Waals surface area contributed by atoms with Gasteiger partial charge in [-0.25, -0.2) is 4.79 Å². The SMILES string of the molecule is CC[C@H](C)[C@H](NC(=O)CNC(=O)[C@@H](NC(=O)[C@@H](NC(=O)CNC(=O)[C@H](CS(=O)(=O)O)NC(=O)[C@H](C)NC(=O)[C@H](CC(C)C)NC(=O)[C@@H](N)CCCN=C(N)N)C(C)C)[C@@H](C)CC)C(=O)O. The molecule has 372 valence electrons. The van der Waals surface area contributed by atoms with Crippen LogP contribution >= 0.6 is 0 Å². The first-order chi connectivity index (χ1) is 30.0. The molecule has 0 saturated heterocycles. The van der Waals surface area contributed by atoms with E-state index in [1.165, 1.54) is 6.92 Å². The Morgan fingerprint density at radius 1 is 0.615 bits per heavy atom. The van der Waals surface area contributed by atoms with E-state index in [1.807, 2.05) is 0 Å². The van der Waals surface area contributed by atoms with Crippen LogP contribution in [0.25, 0.3) is 0 Å². The van der Waals surface area contributed by atoms with Crippen LogP contribution in [0.3, 0.4) is 0 Å². The van der Waals surface area contributed by atoms with Crippen LogP contribution in [0.1, 0.15) is 94.4 Å². The van der Waals surface area contributed by atoms with E-state index >= 15 is 0 Å². The molecular formula is C39H72N12O13S. The predicted octanol–water partition coefficient (Wildman–Crippen LogP) is -3.70. The molecule has 16 N–H and O–H groups in total. The highest BCUT2D eigenvalue weighted by atomic mass is 32.2. The minimum Gasteiger partial charge on any atom is -0.480 e. The molecule has 9 atom stereocenters. The molecule has 26 heteroatoms. The maximum Gasteiger partial charge on any atom is 0.326 e. The Balaban J connectivity index is 5.76. The number of aliphatic imine (C=N–C) groups is 1. The van der Waals surface area contributed by atoms with Crippen molar-refractivity contribution in [1.82, 2.24) is 42.5 Å². The zero-order valence-corrected chi connectivity index (χ0v) is 39.5. The molecule has 0 aliphatic rings. The number of carboxylic acid groups (broad SMARTS) is 1. The van der Waals surface area contributed by atoms with Crippen LogP contribution < -0.4 is 59.7 Å². The van der Waals surface area contributed by atoms with Crippen LogP contribution in [-0.2, 0) is 53.3 Å². The van der Waals surface area contributed by atoms with E-state index in [2.05, 4.69) is 47.5 Å². The number of carbonyl (C=O) groups is 9. The first-order valence-electron chi connectivity index (χ1n) is 21.4. The zero-order chi connectivity index (χ0) is 50.4. The van der Waals surface area contributed by atoms with Crippen molar-refractivity contribution in [2.24, 2.45) is 45.9 Å².